The fourth-order valence-electron chi connectivity index (χ4n) is 3.02. The fraction of sp³-hybridized carbons (Fsp3) is 0.100. The van der Waals surface area contributed by atoms with Crippen molar-refractivity contribution in [1.82, 2.24) is 19.6 Å². The van der Waals surface area contributed by atoms with Crippen LogP contribution in [0.2, 0.25) is 0 Å². The molecule has 4 rings (SSSR count). The minimum absolute atomic E-state index is 0.162. The van der Waals surface area contributed by atoms with E-state index in [1.165, 1.54) is 35.1 Å². The average molecular weight is 413 g/mol. The third-order valence-corrected chi connectivity index (χ3v) is 4.44. The normalized spacial score (nSPS) is 11.1. The first-order valence-electron chi connectivity index (χ1n) is 8.80. The van der Waals surface area contributed by atoms with Crippen molar-refractivity contribution in [1.29, 1.82) is 0 Å². The SMILES string of the molecule is Cc1nn(CC(=O)Nc2ccc(F)cc2F)c(=O)c2c1cnn2-c1ccc(F)cc1. The molecule has 0 aliphatic rings. The quantitative estimate of drug-likeness (QED) is 0.558. The van der Waals surface area contributed by atoms with Crippen LogP contribution < -0.4 is 10.9 Å². The molecule has 2 aromatic carbocycles. The van der Waals surface area contributed by atoms with Crippen LogP contribution in [0, 0.1) is 24.4 Å². The number of nitrogens with one attached hydrogen (secondary N) is 1. The Bertz CT molecular complexity index is 1330. The van der Waals surface area contributed by atoms with E-state index in [0.29, 0.717) is 22.8 Å². The Morgan fingerprint density at radius 1 is 1.07 bits per heavy atom. The van der Waals surface area contributed by atoms with Gasteiger partial charge in [0.05, 0.1) is 23.3 Å². The van der Waals surface area contributed by atoms with E-state index < -0.39 is 35.5 Å². The minimum atomic E-state index is -0.940. The number of rotatable bonds is 4. The highest BCUT2D eigenvalue weighted by atomic mass is 19.1. The summed E-state index contributed by atoms with van der Waals surface area (Å²) in [5.74, 6) is -2.87. The van der Waals surface area contributed by atoms with Crippen molar-refractivity contribution in [3.8, 4) is 5.69 Å². The highest BCUT2D eigenvalue weighted by Gasteiger charge is 2.17. The lowest BCUT2D eigenvalue weighted by atomic mass is 10.2. The second-order valence-corrected chi connectivity index (χ2v) is 6.52. The summed E-state index contributed by atoms with van der Waals surface area (Å²) in [5.41, 5.74) is 0.239. The van der Waals surface area contributed by atoms with Crippen LogP contribution in [0.25, 0.3) is 16.6 Å². The molecule has 1 amide bonds. The molecule has 7 nitrogen and oxygen atoms in total. The highest BCUT2D eigenvalue weighted by molar-refractivity contribution is 5.91. The van der Waals surface area contributed by atoms with Crippen molar-refractivity contribution < 1.29 is 18.0 Å². The smallest absolute Gasteiger partial charge is 0.293 e. The predicted octanol–water partition coefficient (Wildman–Crippen LogP) is 2.95. The number of carbonyl (C=O) groups excluding carboxylic acids is 1. The zero-order valence-electron chi connectivity index (χ0n) is 15.6. The van der Waals surface area contributed by atoms with E-state index in [0.717, 1.165) is 16.8 Å². The van der Waals surface area contributed by atoms with Gasteiger partial charge in [0.25, 0.3) is 5.56 Å². The summed E-state index contributed by atoms with van der Waals surface area (Å²) in [4.78, 5) is 25.3. The Balaban J connectivity index is 1.70. The number of halogens is 3. The summed E-state index contributed by atoms with van der Waals surface area (Å²) in [7, 11) is 0. The number of anilines is 1. The van der Waals surface area contributed by atoms with Crippen molar-refractivity contribution in [3.63, 3.8) is 0 Å². The third-order valence-electron chi connectivity index (χ3n) is 4.44. The first-order chi connectivity index (χ1) is 14.3. The van der Waals surface area contributed by atoms with E-state index in [2.05, 4.69) is 15.5 Å². The standard InChI is InChI=1S/C20H14F3N5O2/c1-11-15-9-24-28(14-5-2-12(21)3-6-14)19(15)20(30)27(26-11)10-18(29)25-17-7-4-13(22)8-16(17)23/h2-9H,10H2,1H3,(H,25,29). The molecule has 0 fully saturated rings. The molecule has 0 radical (unpaired) electrons. The Hall–Kier alpha value is -3.95. The molecule has 10 heteroatoms. The van der Waals surface area contributed by atoms with Gasteiger partial charge < -0.3 is 5.32 Å². The van der Waals surface area contributed by atoms with Crippen molar-refractivity contribution in [2.45, 2.75) is 13.5 Å². The number of benzene rings is 2. The van der Waals surface area contributed by atoms with Crippen LogP contribution in [-0.2, 0) is 11.3 Å². The van der Waals surface area contributed by atoms with Crippen LogP contribution in [0.1, 0.15) is 5.69 Å². The summed E-state index contributed by atoms with van der Waals surface area (Å²) in [6.07, 6.45) is 1.46. The van der Waals surface area contributed by atoms with Crippen molar-refractivity contribution >= 4 is 22.5 Å². The molecule has 30 heavy (non-hydrogen) atoms. The van der Waals surface area contributed by atoms with E-state index in [1.54, 1.807) is 6.92 Å². The molecule has 1 N–H and O–H groups in total. The van der Waals surface area contributed by atoms with Gasteiger partial charge in [-0.2, -0.15) is 10.2 Å². The molecule has 0 spiro atoms. The van der Waals surface area contributed by atoms with Crippen LogP contribution in [0.15, 0.2) is 53.5 Å². The molecule has 0 saturated carbocycles. The van der Waals surface area contributed by atoms with Gasteiger partial charge in [-0.3, -0.25) is 9.59 Å². The number of carbonyl (C=O) groups is 1. The van der Waals surface area contributed by atoms with E-state index in [1.807, 2.05) is 0 Å². The maximum absolute atomic E-state index is 13.8. The number of amides is 1. The number of aromatic nitrogens is 4. The molecule has 2 heterocycles. The van der Waals surface area contributed by atoms with Crippen LogP contribution >= 0.6 is 0 Å². The van der Waals surface area contributed by atoms with Gasteiger partial charge in [0.15, 0.2) is 0 Å². The van der Waals surface area contributed by atoms with E-state index in [4.69, 9.17) is 0 Å². The number of nitrogens with zero attached hydrogens (tertiary/aromatic N) is 4. The monoisotopic (exact) mass is 413 g/mol. The molecule has 0 bridgehead atoms. The minimum Gasteiger partial charge on any atom is -0.322 e. The third kappa shape index (κ3) is 3.54. The maximum atomic E-state index is 13.8. The van der Waals surface area contributed by atoms with E-state index >= 15 is 0 Å². The lowest BCUT2D eigenvalue weighted by molar-refractivity contribution is -0.117. The maximum Gasteiger partial charge on any atom is 0.293 e. The average Bonchev–Trinajstić information content (AvgIpc) is 3.15. The van der Waals surface area contributed by atoms with Gasteiger partial charge in [-0.05, 0) is 43.3 Å². The fourth-order valence-corrected chi connectivity index (χ4v) is 3.02. The summed E-state index contributed by atoms with van der Waals surface area (Å²) >= 11 is 0. The molecule has 0 atom stereocenters. The molecular weight excluding hydrogens is 399 g/mol. The predicted molar refractivity (Wildman–Crippen MR) is 103 cm³/mol. The molecule has 0 unspecified atom stereocenters. The zero-order chi connectivity index (χ0) is 21.4. The number of fused-ring (bicyclic) bond motifs is 1. The Kier molecular flexibility index (Phi) is 4.82. The van der Waals surface area contributed by atoms with Crippen molar-refractivity contribution in [3.05, 3.63) is 82.2 Å². The lowest BCUT2D eigenvalue weighted by Gasteiger charge is -2.10. The second kappa shape index (κ2) is 7.47. The van der Waals surface area contributed by atoms with Crippen LogP contribution in [-0.4, -0.2) is 25.5 Å². The highest BCUT2D eigenvalue weighted by Crippen LogP contribution is 2.18. The number of aryl methyl sites for hydroxylation is 1. The summed E-state index contributed by atoms with van der Waals surface area (Å²) in [6, 6.07) is 8.12. The largest absolute Gasteiger partial charge is 0.322 e. The Morgan fingerprint density at radius 3 is 2.47 bits per heavy atom. The first-order valence-corrected chi connectivity index (χ1v) is 8.80. The zero-order valence-corrected chi connectivity index (χ0v) is 15.6. The van der Waals surface area contributed by atoms with Gasteiger partial charge in [-0.15, -0.1) is 0 Å². The number of hydrogen-bond donors (Lipinski definition) is 1. The lowest BCUT2D eigenvalue weighted by Crippen LogP contribution is -2.31. The van der Waals surface area contributed by atoms with Gasteiger partial charge >= 0.3 is 0 Å². The molecule has 0 aliphatic heterocycles. The van der Waals surface area contributed by atoms with E-state index in [9.17, 15) is 22.8 Å². The van der Waals surface area contributed by atoms with Crippen molar-refractivity contribution in [2.75, 3.05) is 5.32 Å². The molecule has 152 valence electrons. The number of hydrogen-bond acceptors (Lipinski definition) is 4. The molecular formula is C20H14F3N5O2. The summed E-state index contributed by atoms with van der Waals surface area (Å²) < 4.78 is 42.2. The van der Waals surface area contributed by atoms with Gasteiger partial charge in [0.1, 0.15) is 29.5 Å². The van der Waals surface area contributed by atoms with Gasteiger partial charge in [0, 0.05) is 11.5 Å². The molecule has 0 saturated heterocycles. The van der Waals surface area contributed by atoms with Gasteiger partial charge in [0.2, 0.25) is 5.91 Å². The molecule has 2 aromatic heterocycles. The Morgan fingerprint density at radius 2 is 1.77 bits per heavy atom. The first kappa shape index (κ1) is 19.4. The van der Waals surface area contributed by atoms with Crippen LogP contribution in [0.3, 0.4) is 0 Å². The summed E-state index contributed by atoms with van der Waals surface area (Å²) in [5, 5.41) is 11.1. The summed E-state index contributed by atoms with van der Waals surface area (Å²) in [6.45, 7) is 1.15. The molecule has 0 aliphatic carbocycles. The Labute approximate surface area is 167 Å². The van der Waals surface area contributed by atoms with E-state index in [-0.39, 0.29) is 11.2 Å². The van der Waals surface area contributed by atoms with Gasteiger partial charge in [-0.1, -0.05) is 0 Å². The second-order valence-electron chi connectivity index (χ2n) is 6.52. The van der Waals surface area contributed by atoms with Crippen LogP contribution in [0.4, 0.5) is 18.9 Å². The molecule has 4 aromatic rings. The van der Waals surface area contributed by atoms with Crippen molar-refractivity contribution in [2.24, 2.45) is 0 Å². The van der Waals surface area contributed by atoms with Crippen LogP contribution in [0.5, 0.6) is 0 Å². The topological polar surface area (TPSA) is 81.8 Å². The van der Waals surface area contributed by atoms with Gasteiger partial charge in [-0.25, -0.2) is 22.5 Å².